The maximum atomic E-state index is 13.3. The number of hydrogen-bond donors (Lipinski definition) is 3. The summed E-state index contributed by atoms with van der Waals surface area (Å²) in [6.07, 6.45) is -1.01. The predicted molar refractivity (Wildman–Crippen MR) is 121 cm³/mol. The minimum Gasteiger partial charge on any atom is -0.365 e. The van der Waals surface area contributed by atoms with Gasteiger partial charge in [0.05, 0.1) is 23.2 Å². The lowest BCUT2D eigenvalue weighted by Crippen LogP contribution is -2.29. The van der Waals surface area contributed by atoms with E-state index < -0.39 is 11.7 Å². The molecule has 0 bridgehead atoms. The van der Waals surface area contributed by atoms with Crippen molar-refractivity contribution in [1.82, 2.24) is 19.1 Å². The van der Waals surface area contributed by atoms with Crippen molar-refractivity contribution in [3.8, 4) is 0 Å². The number of aromatic amines is 1. The first-order valence-corrected chi connectivity index (χ1v) is 10.6. The lowest BCUT2D eigenvalue weighted by molar-refractivity contribution is -0.137. The Morgan fingerprint density at radius 1 is 1.27 bits per heavy atom. The summed E-state index contributed by atoms with van der Waals surface area (Å²) in [7, 11) is 1.70. The highest BCUT2D eigenvalue weighted by molar-refractivity contribution is 6.31. The van der Waals surface area contributed by atoms with Gasteiger partial charge in [0, 0.05) is 36.9 Å². The van der Waals surface area contributed by atoms with Gasteiger partial charge < -0.3 is 24.8 Å². The van der Waals surface area contributed by atoms with Gasteiger partial charge in [-0.3, -0.25) is 4.79 Å². The Labute approximate surface area is 191 Å². The lowest BCUT2D eigenvalue weighted by Gasteiger charge is -2.28. The molecule has 0 aliphatic carbocycles. The Morgan fingerprint density at radius 3 is 2.82 bits per heavy atom. The number of anilines is 2. The molecule has 4 aromatic rings. The van der Waals surface area contributed by atoms with Gasteiger partial charge >= 0.3 is 6.18 Å². The van der Waals surface area contributed by atoms with E-state index in [9.17, 15) is 18.0 Å². The lowest BCUT2D eigenvalue weighted by atomic mass is 10.0. The van der Waals surface area contributed by atoms with Gasteiger partial charge in [-0.15, -0.1) is 0 Å². The number of fused-ring (bicyclic) bond motifs is 2. The number of pyridine rings is 1. The Kier molecular flexibility index (Phi) is 4.93. The number of nitrogens with zero attached hydrogens (tertiary/aromatic N) is 3. The second-order valence-electron chi connectivity index (χ2n) is 8.10. The summed E-state index contributed by atoms with van der Waals surface area (Å²) >= 11 is 5.77. The van der Waals surface area contributed by atoms with Crippen LogP contribution in [0.5, 0.6) is 0 Å². The van der Waals surface area contributed by atoms with Crippen LogP contribution in [0.25, 0.3) is 10.9 Å². The molecule has 1 atom stereocenters. The molecule has 0 saturated heterocycles. The molecular formula is C22H20ClF3N6O. The van der Waals surface area contributed by atoms with Gasteiger partial charge in [0.15, 0.2) is 11.6 Å². The molecule has 11 heteroatoms. The molecule has 0 amide bonds. The molecule has 1 aromatic carbocycles. The molecule has 5 rings (SSSR count). The number of benzene rings is 1. The van der Waals surface area contributed by atoms with Gasteiger partial charge in [-0.1, -0.05) is 17.7 Å². The maximum Gasteiger partial charge on any atom is 0.417 e. The van der Waals surface area contributed by atoms with E-state index in [0.29, 0.717) is 35.1 Å². The fourth-order valence-electron chi connectivity index (χ4n) is 4.28. The smallest absolute Gasteiger partial charge is 0.365 e. The molecule has 3 aromatic heterocycles. The van der Waals surface area contributed by atoms with E-state index in [0.717, 1.165) is 17.0 Å². The summed E-state index contributed by atoms with van der Waals surface area (Å²) < 4.78 is 43.3. The molecule has 4 heterocycles. The highest BCUT2D eigenvalue weighted by atomic mass is 35.5. The summed E-state index contributed by atoms with van der Waals surface area (Å²) in [6.45, 7) is 2.51. The standard InChI is InChI=1S/C22H20ClF3N6O/c1-11-29-19-20(32(11)9-12-3-4-16(23)15(7-12)22(24,25)26)30-17(8-28-19)14-10-31(2)21(33)18-13(14)5-6-27-18/h3-7,10,17,27-28,30H,8-9H2,1-2H3. The van der Waals surface area contributed by atoms with Gasteiger partial charge in [-0.2, -0.15) is 13.2 Å². The van der Waals surface area contributed by atoms with Crippen LogP contribution in [0, 0.1) is 6.92 Å². The maximum absolute atomic E-state index is 13.3. The first kappa shape index (κ1) is 21.4. The Hall–Kier alpha value is -3.40. The second-order valence-corrected chi connectivity index (χ2v) is 8.51. The van der Waals surface area contributed by atoms with Crippen LogP contribution in [0.3, 0.4) is 0 Å². The van der Waals surface area contributed by atoms with E-state index in [1.165, 1.54) is 10.6 Å². The molecule has 0 saturated carbocycles. The zero-order chi connectivity index (χ0) is 23.5. The van der Waals surface area contributed by atoms with E-state index >= 15 is 0 Å². The number of imidazole rings is 1. The van der Waals surface area contributed by atoms with Crippen molar-refractivity contribution in [3.63, 3.8) is 0 Å². The van der Waals surface area contributed by atoms with Crippen LogP contribution in [0.15, 0.2) is 41.5 Å². The fourth-order valence-corrected chi connectivity index (χ4v) is 4.50. The van der Waals surface area contributed by atoms with Crippen LogP contribution < -0.4 is 16.2 Å². The van der Waals surface area contributed by atoms with Crippen molar-refractivity contribution < 1.29 is 13.2 Å². The van der Waals surface area contributed by atoms with Crippen molar-refractivity contribution >= 4 is 34.1 Å². The van der Waals surface area contributed by atoms with E-state index in [2.05, 4.69) is 20.6 Å². The number of alkyl halides is 3. The first-order chi connectivity index (χ1) is 15.6. The molecule has 0 fully saturated rings. The van der Waals surface area contributed by atoms with Crippen LogP contribution in [0.1, 0.15) is 28.6 Å². The van der Waals surface area contributed by atoms with E-state index in [1.54, 1.807) is 32.4 Å². The normalized spacial score (nSPS) is 15.9. The SMILES string of the molecule is Cc1nc2c(n1Cc1ccc(Cl)c(C(F)(F)F)c1)NC(c1cn(C)c(=O)c3[nH]ccc13)CN2. The van der Waals surface area contributed by atoms with Gasteiger partial charge in [-0.25, -0.2) is 4.98 Å². The van der Waals surface area contributed by atoms with E-state index in [1.807, 2.05) is 10.6 Å². The molecule has 3 N–H and O–H groups in total. The van der Waals surface area contributed by atoms with E-state index in [4.69, 9.17) is 11.6 Å². The van der Waals surface area contributed by atoms with Crippen molar-refractivity contribution in [2.45, 2.75) is 25.7 Å². The number of nitrogens with one attached hydrogen (secondary N) is 3. The summed E-state index contributed by atoms with van der Waals surface area (Å²) in [4.78, 5) is 19.9. The summed E-state index contributed by atoms with van der Waals surface area (Å²) in [5, 5.41) is 7.25. The van der Waals surface area contributed by atoms with Gasteiger partial charge in [0.1, 0.15) is 11.3 Å². The molecular weight excluding hydrogens is 457 g/mol. The molecule has 1 aliphatic rings. The number of aromatic nitrogens is 4. The first-order valence-electron chi connectivity index (χ1n) is 10.2. The third-order valence-corrected chi connectivity index (χ3v) is 6.25. The highest BCUT2D eigenvalue weighted by Gasteiger charge is 2.33. The number of aryl methyl sites for hydroxylation is 2. The minimum atomic E-state index is -4.54. The molecule has 7 nitrogen and oxygen atoms in total. The topological polar surface area (TPSA) is 79.7 Å². The van der Waals surface area contributed by atoms with Crippen molar-refractivity contribution in [2.24, 2.45) is 7.05 Å². The van der Waals surface area contributed by atoms with Gasteiger partial charge in [-0.05, 0) is 30.7 Å². The van der Waals surface area contributed by atoms with Crippen LogP contribution in [0.2, 0.25) is 5.02 Å². The van der Waals surface area contributed by atoms with Crippen LogP contribution >= 0.6 is 11.6 Å². The number of rotatable bonds is 3. The van der Waals surface area contributed by atoms with Gasteiger partial charge in [0.2, 0.25) is 0 Å². The summed E-state index contributed by atoms with van der Waals surface area (Å²) in [5.41, 5.74) is 0.912. The Balaban J connectivity index is 1.52. The number of halogens is 4. The molecule has 0 spiro atoms. The zero-order valence-electron chi connectivity index (χ0n) is 17.7. The number of H-pyrrole nitrogens is 1. The quantitative estimate of drug-likeness (QED) is 0.401. The van der Waals surface area contributed by atoms with Crippen molar-refractivity contribution in [1.29, 1.82) is 0 Å². The molecule has 172 valence electrons. The summed E-state index contributed by atoms with van der Waals surface area (Å²) in [6, 6.07) is 5.58. The second kappa shape index (κ2) is 7.58. The third kappa shape index (κ3) is 3.64. The molecule has 1 unspecified atom stereocenters. The van der Waals surface area contributed by atoms with Crippen LogP contribution in [-0.2, 0) is 19.8 Å². The number of hydrogen-bond acceptors (Lipinski definition) is 4. The zero-order valence-corrected chi connectivity index (χ0v) is 18.5. The van der Waals surface area contributed by atoms with Crippen molar-refractivity contribution in [3.05, 3.63) is 74.6 Å². The van der Waals surface area contributed by atoms with Crippen LogP contribution in [0.4, 0.5) is 24.8 Å². The molecule has 1 aliphatic heterocycles. The third-order valence-electron chi connectivity index (χ3n) is 5.92. The summed E-state index contributed by atoms with van der Waals surface area (Å²) in [5.74, 6) is 1.95. The monoisotopic (exact) mass is 476 g/mol. The average Bonchev–Trinajstić information content (AvgIpc) is 3.36. The van der Waals surface area contributed by atoms with Gasteiger partial charge in [0.25, 0.3) is 5.56 Å². The van der Waals surface area contributed by atoms with E-state index in [-0.39, 0.29) is 23.2 Å². The minimum absolute atomic E-state index is 0.118. The van der Waals surface area contributed by atoms with Crippen LogP contribution in [-0.4, -0.2) is 25.6 Å². The Bertz CT molecular complexity index is 1430. The highest BCUT2D eigenvalue weighted by Crippen LogP contribution is 2.37. The molecule has 33 heavy (non-hydrogen) atoms. The Morgan fingerprint density at radius 2 is 2.06 bits per heavy atom. The molecule has 0 radical (unpaired) electrons. The van der Waals surface area contributed by atoms with Crippen molar-refractivity contribution in [2.75, 3.05) is 17.2 Å². The largest absolute Gasteiger partial charge is 0.417 e. The predicted octanol–water partition coefficient (Wildman–Crippen LogP) is 4.67. The fraction of sp³-hybridized carbons (Fsp3) is 0.273. The average molecular weight is 477 g/mol.